The molecule has 2 fully saturated rings. The van der Waals surface area contributed by atoms with Gasteiger partial charge in [-0.05, 0) is 13.1 Å². The van der Waals surface area contributed by atoms with Crippen molar-refractivity contribution in [2.45, 2.75) is 5.37 Å². The number of hydrogen-bond acceptors (Lipinski definition) is 4. The zero-order valence-corrected chi connectivity index (χ0v) is 14.2. The van der Waals surface area contributed by atoms with Crippen molar-refractivity contribution in [1.82, 2.24) is 14.7 Å². The number of carbonyl (C=O) groups excluding carboxylic acids is 2. The van der Waals surface area contributed by atoms with Gasteiger partial charge in [0.05, 0.1) is 5.75 Å². The molecule has 8 heteroatoms. The summed E-state index contributed by atoms with van der Waals surface area (Å²) in [6.45, 7) is 2.77. The molecule has 1 atom stereocenters. The average molecular weight is 355 g/mol. The third-order valence-electron chi connectivity index (χ3n) is 4.36. The van der Waals surface area contributed by atoms with Crippen molar-refractivity contribution in [3.05, 3.63) is 35.4 Å². The second-order valence-electron chi connectivity index (χ2n) is 6.03. The maximum Gasteiger partial charge on any atom is 0.242 e. The summed E-state index contributed by atoms with van der Waals surface area (Å²) in [4.78, 5) is 29.9. The van der Waals surface area contributed by atoms with Crippen molar-refractivity contribution in [1.29, 1.82) is 0 Å². The van der Waals surface area contributed by atoms with E-state index in [4.69, 9.17) is 0 Å². The van der Waals surface area contributed by atoms with Gasteiger partial charge in [0.2, 0.25) is 11.8 Å². The molecule has 2 aliphatic rings. The van der Waals surface area contributed by atoms with Crippen LogP contribution in [0.25, 0.3) is 0 Å². The van der Waals surface area contributed by atoms with E-state index in [0.29, 0.717) is 13.1 Å². The first-order valence-electron chi connectivity index (χ1n) is 7.78. The molecule has 2 heterocycles. The van der Waals surface area contributed by atoms with Crippen LogP contribution in [0.4, 0.5) is 8.78 Å². The maximum absolute atomic E-state index is 14.0. The molecule has 0 saturated carbocycles. The highest BCUT2D eigenvalue weighted by atomic mass is 32.2. The fourth-order valence-electron chi connectivity index (χ4n) is 2.89. The van der Waals surface area contributed by atoms with E-state index in [1.165, 1.54) is 28.8 Å². The Morgan fingerprint density at radius 1 is 1.25 bits per heavy atom. The number of benzene rings is 1. The van der Waals surface area contributed by atoms with E-state index in [-0.39, 0.29) is 29.7 Å². The van der Waals surface area contributed by atoms with E-state index in [1.54, 1.807) is 4.90 Å². The molecule has 0 aliphatic carbocycles. The van der Waals surface area contributed by atoms with Crippen LogP contribution in [-0.2, 0) is 9.59 Å². The van der Waals surface area contributed by atoms with Crippen LogP contribution >= 0.6 is 11.8 Å². The standard InChI is InChI=1S/C16H19F2N3O2S/c1-19-4-6-20(7-5-19)14(22)9-21-15(23)10-24-16(21)12-3-2-11(17)8-13(12)18/h2-3,8,16H,4-7,9-10H2,1H3. The second-order valence-corrected chi connectivity index (χ2v) is 7.10. The van der Waals surface area contributed by atoms with E-state index in [2.05, 4.69) is 4.90 Å². The van der Waals surface area contributed by atoms with Gasteiger partial charge < -0.3 is 14.7 Å². The van der Waals surface area contributed by atoms with Crippen molar-refractivity contribution in [3.8, 4) is 0 Å². The molecule has 24 heavy (non-hydrogen) atoms. The fraction of sp³-hybridized carbons (Fsp3) is 0.500. The molecule has 0 radical (unpaired) electrons. The Labute approximate surface area is 143 Å². The molecular weight excluding hydrogens is 336 g/mol. The summed E-state index contributed by atoms with van der Waals surface area (Å²) >= 11 is 1.26. The zero-order valence-electron chi connectivity index (χ0n) is 13.4. The lowest BCUT2D eigenvalue weighted by Crippen LogP contribution is -2.50. The summed E-state index contributed by atoms with van der Waals surface area (Å²) in [5.74, 6) is -1.50. The Bertz CT molecular complexity index is 650. The Morgan fingerprint density at radius 3 is 2.62 bits per heavy atom. The topological polar surface area (TPSA) is 43.9 Å². The number of hydrogen-bond donors (Lipinski definition) is 0. The first-order chi connectivity index (χ1) is 11.5. The number of amides is 2. The maximum atomic E-state index is 14.0. The minimum Gasteiger partial charge on any atom is -0.339 e. The summed E-state index contributed by atoms with van der Waals surface area (Å²) in [6.07, 6.45) is 0. The van der Waals surface area contributed by atoms with Crippen molar-refractivity contribution in [2.75, 3.05) is 45.5 Å². The van der Waals surface area contributed by atoms with Crippen molar-refractivity contribution >= 4 is 23.6 Å². The van der Waals surface area contributed by atoms with Gasteiger partial charge >= 0.3 is 0 Å². The molecular formula is C16H19F2N3O2S. The lowest BCUT2D eigenvalue weighted by molar-refractivity contribution is -0.140. The Kier molecular flexibility index (Phi) is 5.05. The predicted molar refractivity (Wildman–Crippen MR) is 87.3 cm³/mol. The van der Waals surface area contributed by atoms with Crippen LogP contribution in [0.3, 0.4) is 0 Å². The average Bonchev–Trinajstić information content (AvgIpc) is 2.89. The number of nitrogens with zero attached hydrogens (tertiary/aromatic N) is 3. The fourth-order valence-corrected chi connectivity index (χ4v) is 4.10. The monoisotopic (exact) mass is 355 g/mol. The predicted octanol–water partition coefficient (Wildman–Crippen LogP) is 1.31. The van der Waals surface area contributed by atoms with Crippen LogP contribution in [0.1, 0.15) is 10.9 Å². The Hall–Kier alpha value is -1.67. The summed E-state index contributed by atoms with van der Waals surface area (Å²) < 4.78 is 27.1. The van der Waals surface area contributed by atoms with Crippen LogP contribution in [0.15, 0.2) is 18.2 Å². The summed E-state index contributed by atoms with van der Waals surface area (Å²) in [6, 6.07) is 3.32. The molecule has 2 aliphatic heterocycles. The van der Waals surface area contributed by atoms with Gasteiger partial charge in [-0.1, -0.05) is 6.07 Å². The van der Waals surface area contributed by atoms with Crippen molar-refractivity contribution in [3.63, 3.8) is 0 Å². The molecule has 2 saturated heterocycles. The van der Waals surface area contributed by atoms with E-state index < -0.39 is 17.0 Å². The number of likely N-dealkylation sites (N-methyl/N-ethyl adjacent to an activating group) is 1. The number of carbonyl (C=O) groups is 2. The minimum absolute atomic E-state index is 0.0724. The van der Waals surface area contributed by atoms with Crippen LogP contribution < -0.4 is 0 Å². The summed E-state index contributed by atoms with van der Waals surface area (Å²) in [5, 5.41) is -0.588. The van der Waals surface area contributed by atoms with E-state index >= 15 is 0 Å². The smallest absolute Gasteiger partial charge is 0.242 e. The van der Waals surface area contributed by atoms with Gasteiger partial charge in [0, 0.05) is 37.8 Å². The summed E-state index contributed by atoms with van der Waals surface area (Å²) in [7, 11) is 2.00. The molecule has 1 aromatic carbocycles. The number of halogens is 2. The molecule has 0 spiro atoms. The molecule has 0 aromatic heterocycles. The lowest BCUT2D eigenvalue weighted by Gasteiger charge is -2.34. The number of rotatable bonds is 3. The quantitative estimate of drug-likeness (QED) is 0.820. The number of thioether (sulfide) groups is 1. The van der Waals surface area contributed by atoms with E-state index in [0.717, 1.165) is 19.2 Å². The molecule has 0 N–H and O–H groups in total. The first kappa shape index (κ1) is 17.2. The Balaban J connectivity index is 1.72. The first-order valence-corrected chi connectivity index (χ1v) is 8.83. The molecule has 1 unspecified atom stereocenters. The van der Waals surface area contributed by atoms with Crippen LogP contribution in [0, 0.1) is 11.6 Å². The van der Waals surface area contributed by atoms with Crippen molar-refractivity contribution in [2.24, 2.45) is 0 Å². The lowest BCUT2D eigenvalue weighted by atomic mass is 10.2. The Morgan fingerprint density at radius 2 is 1.96 bits per heavy atom. The van der Waals surface area contributed by atoms with Gasteiger partial charge in [-0.3, -0.25) is 9.59 Å². The van der Waals surface area contributed by atoms with Gasteiger partial charge in [-0.15, -0.1) is 11.8 Å². The van der Waals surface area contributed by atoms with Gasteiger partial charge in [-0.25, -0.2) is 8.78 Å². The third-order valence-corrected chi connectivity index (χ3v) is 5.60. The van der Waals surface area contributed by atoms with Crippen LogP contribution in [0.2, 0.25) is 0 Å². The van der Waals surface area contributed by atoms with Gasteiger partial charge in [-0.2, -0.15) is 0 Å². The number of piperazine rings is 1. The van der Waals surface area contributed by atoms with Crippen LogP contribution in [0.5, 0.6) is 0 Å². The van der Waals surface area contributed by atoms with Gasteiger partial charge in [0.25, 0.3) is 0 Å². The second kappa shape index (κ2) is 7.06. The molecule has 130 valence electrons. The van der Waals surface area contributed by atoms with E-state index in [9.17, 15) is 18.4 Å². The van der Waals surface area contributed by atoms with Crippen LogP contribution in [-0.4, -0.2) is 72.0 Å². The molecule has 5 nitrogen and oxygen atoms in total. The highest BCUT2D eigenvalue weighted by molar-refractivity contribution is 8.00. The summed E-state index contributed by atoms with van der Waals surface area (Å²) in [5.41, 5.74) is 0.235. The zero-order chi connectivity index (χ0) is 17.3. The molecule has 0 bridgehead atoms. The highest BCUT2D eigenvalue weighted by Crippen LogP contribution is 2.39. The SMILES string of the molecule is CN1CCN(C(=O)CN2C(=O)CSC2c2ccc(F)cc2F)CC1. The highest BCUT2D eigenvalue weighted by Gasteiger charge is 2.36. The third kappa shape index (κ3) is 3.54. The minimum atomic E-state index is -0.695. The normalized spacial score (nSPS) is 22.3. The van der Waals surface area contributed by atoms with Gasteiger partial charge in [0.1, 0.15) is 23.6 Å². The molecule has 3 rings (SSSR count). The van der Waals surface area contributed by atoms with Crippen molar-refractivity contribution < 1.29 is 18.4 Å². The van der Waals surface area contributed by atoms with E-state index in [1.807, 2.05) is 7.05 Å². The largest absolute Gasteiger partial charge is 0.339 e. The molecule has 1 aromatic rings. The van der Waals surface area contributed by atoms with Gasteiger partial charge in [0.15, 0.2) is 0 Å². The molecule has 2 amide bonds.